The number of nitrogens with zero attached hydrogens (tertiary/aromatic N) is 2. The molecule has 0 spiro atoms. The molecule has 0 saturated heterocycles. The number of aldehydes is 1. The molecule has 0 N–H and O–H groups in total. The van der Waals surface area contributed by atoms with Crippen LogP contribution in [0.4, 0.5) is 11.4 Å². The third kappa shape index (κ3) is 6.18. The van der Waals surface area contributed by atoms with Gasteiger partial charge in [-0.25, -0.2) is 0 Å². The van der Waals surface area contributed by atoms with Crippen LogP contribution in [0.25, 0.3) is 0 Å². The van der Waals surface area contributed by atoms with Gasteiger partial charge in [0.25, 0.3) is 11.4 Å². The zero-order valence-corrected chi connectivity index (χ0v) is 19.8. The minimum Gasteiger partial charge on any atom is -0.416 e. The fourth-order valence-corrected chi connectivity index (χ4v) is 10.1. The minimum absolute atomic E-state index is 0.179. The van der Waals surface area contributed by atoms with Gasteiger partial charge < -0.3 is 9.22 Å². The molecule has 1 atom stereocenters. The highest BCUT2D eigenvalue weighted by molar-refractivity contribution is 6.77. The number of nitro benzene ring substituents is 2. The molecule has 0 aromatic heterocycles. The lowest BCUT2D eigenvalue weighted by molar-refractivity contribution is -0.394. The maximum atomic E-state index is 11.6. The van der Waals surface area contributed by atoms with Crippen molar-refractivity contribution in [3.63, 3.8) is 0 Å². The first-order valence-electron chi connectivity index (χ1n) is 10.5. The molecule has 0 aliphatic carbocycles. The first kappa shape index (κ1) is 25.9. The lowest BCUT2D eigenvalue weighted by Gasteiger charge is -2.42. The van der Waals surface area contributed by atoms with Gasteiger partial charge in [0.15, 0.2) is 8.32 Å². The quantitative estimate of drug-likeness (QED) is 0.126. The zero-order chi connectivity index (χ0) is 23.1. The normalized spacial score (nSPS) is 13.1. The van der Waals surface area contributed by atoms with Crippen molar-refractivity contribution in [1.82, 2.24) is 0 Å². The largest absolute Gasteiger partial charge is 0.416 e. The molecule has 0 heterocycles. The molecule has 9 heteroatoms. The van der Waals surface area contributed by atoms with Crippen molar-refractivity contribution in [2.24, 2.45) is 5.92 Å². The Morgan fingerprint density at radius 3 is 2.00 bits per heavy atom. The van der Waals surface area contributed by atoms with E-state index in [2.05, 4.69) is 41.5 Å². The van der Waals surface area contributed by atoms with E-state index in [0.717, 1.165) is 12.4 Å². The Hall–Kier alpha value is -2.13. The highest BCUT2D eigenvalue weighted by atomic mass is 28.4. The van der Waals surface area contributed by atoms with Crippen LogP contribution in [0.3, 0.4) is 0 Å². The first-order chi connectivity index (χ1) is 14.0. The van der Waals surface area contributed by atoms with Crippen LogP contribution in [0.5, 0.6) is 0 Å². The van der Waals surface area contributed by atoms with Gasteiger partial charge in [0, 0.05) is 24.2 Å². The molecule has 0 aliphatic heterocycles. The molecule has 0 radical (unpaired) electrons. The van der Waals surface area contributed by atoms with E-state index in [4.69, 9.17) is 4.43 Å². The number of hydrogen-bond acceptors (Lipinski definition) is 6. The number of rotatable bonds is 13. The molecule has 8 nitrogen and oxygen atoms in total. The number of nitro groups is 2. The van der Waals surface area contributed by atoms with Gasteiger partial charge in [-0.1, -0.05) is 41.5 Å². The second kappa shape index (κ2) is 11.3. The number of carbonyl (C=O) groups is 1. The highest BCUT2D eigenvalue weighted by Crippen LogP contribution is 2.42. The van der Waals surface area contributed by atoms with Crippen molar-refractivity contribution in [1.29, 1.82) is 0 Å². The predicted molar refractivity (Wildman–Crippen MR) is 119 cm³/mol. The molecule has 168 valence electrons. The second-order valence-electron chi connectivity index (χ2n) is 8.74. The van der Waals surface area contributed by atoms with E-state index < -0.39 is 24.1 Å². The Morgan fingerprint density at radius 2 is 1.57 bits per heavy atom. The second-order valence-corrected chi connectivity index (χ2v) is 14.2. The molecular formula is C21H34N2O6Si. The Labute approximate surface area is 179 Å². The maximum Gasteiger partial charge on any atom is 0.279 e. The number of non-ortho nitro benzene ring substituents is 1. The summed E-state index contributed by atoms with van der Waals surface area (Å²) in [5.41, 5.74) is 1.10. The predicted octanol–water partition coefficient (Wildman–Crippen LogP) is 5.83. The van der Waals surface area contributed by atoms with Gasteiger partial charge >= 0.3 is 0 Å². The van der Waals surface area contributed by atoms with E-state index in [1.807, 2.05) is 0 Å². The Balaban J connectivity index is 2.82. The van der Waals surface area contributed by atoms with Gasteiger partial charge in [-0.2, -0.15) is 0 Å². The van der Waals surface area contributed by atoms with Gasteiger partial charge in [-0.15, -0.1) is 0 Å². The topological polar surface area (TPSA) is 113 Å². The summed E-state index contributed by atoms with van der Waals surface area (Å²) in [6.45, 7) is 13.9. The van der Waals surface area contributed by atoms with E-state index >= 15 is 0 Å². The third-order valence-corrected chi connectivity index (χ3v) is 12.0. The minimum atomic E-state index is -1.97. The highest BCUT2D eigenvalue weighted by Gasteiger charge is 2.44. The van der Waals surface area contributed by atoms with Crippen LogP contribution in [0.2, 0.25) is 16.6 Å². The molecule has 1 rings (SSSR count). The molecule has 0 amide bonds. The SMILES string of the molecule is CC(C)[Si](OCCC[C@@H](C=O)Cc1ccc([N+](=O)[O-])cc1[N+](=O)[O-])(C(C)C)C(C)C. The fraction of sp³-hybridized carbons (Fsp3) is 0.667. The van der Waals surface area contributed by atoms with E-state index in [0.29, 0.717) is 41.6 Å². The summed E-state index contributed by atoms with van der Waals surface area (Å²) in [5.74, 6) is -0.401. The van der Waals surface area contributed by atoms with Crippen LogP contribution < -0.4 is 0 Å². The van der Waals surface area contributed by atoms with Gasteiger partial charge in [-0.3, -0.25) is 20.2 Å². The van der Waals surface area contributed by atoms with Crippen LogP contribution in [-0.2, 0) is 15.6 Å². The molecule has 30 heavy (non-hydrogen) atoms. The standard InChI is InChI=1S/C21H34N2O6Si/c1-15(2)30(16(3)4,17(5)6)29-11-7-8-18(14-24)12-19-9-10-20(22(25)26)13-21(19)23(27)28/h9-10,13-18H,7-8,11-12H2,1-6H3/t18-/m1/s1. The van der Waals surface area contributed by atoms with Crippen molar-refractivity contribution in [2.45, 2.75) is 77.4 Å². The average molecular weight is 439 g/mol. The van der Waals surface area contributed by atoms with E-state index in [1.165, 1.54) is 12.1 Å². The molecule has 0 aliphatic rings. The lowest BCUT2D eigenvalue weighted by Crippen LogP contribution is -2.48. The summed E-state index contributed by atoms with van der Waals surface area (Å²) < 4.78 is 6.50. The monoisotopic (exact) mass is 438 g/mol. The lowest BCUT2D eigenvalue weighted by atomic mass is 9.95. The van der Waals surface area contributed by atoms with E-state index in [-0.39, 0.29) is 17.8 Å². The molecule has 0 fully saturated rings. The maximum absolute atomic E-state index is 11.6. The number of carbonyl (C=O) groups excluding carboxylic acids is 1. The van der Waals surface area contributed by atoms with Gasteiger partial charge in [0.2, 0.25) is 0 Å². The number of hydrogen-bond donors (Lipinski definition) is 0. The summed E-state index contributed by atoms with van der Waals surface area (Å²) in [6, 6.07) is 3.56. The summed E-state index contributed by atoms with van der Waals surface area (Å²) in [5, 5.41) is 22.2. The molecule has 0 unspecified atom stereocenters. The third-order valence-electron chi connectivity index (χ3n) is 5.93. The average Bonchev–Trinajstić information content (AvgIpc) is 2.65. The van der Waals surface area contributed by atoms with Crippen molar-refractivity contribution in [2.75, 3.05) is 6.61 Å². The van der Waals surface area contributed by atoms with Crippen LogP contribution in [-0.4, -0.2) is 31.1 Å². The fourth-order valence-electron chi connectivity index (χ4n) is 4.60. The van der Waals surface area contributed by atoms with Crippen LogP contribution in [0, 0.1) is 26.1 Å². The van der Waals surface area contributed by atoms with Crippen molar-refractivity contribution in [3.8, 4) is 0 Å². The summed E-state index contributed by atoms with van der Waals surface area (Å²) in [7, 11) is -1.97. The molecule has 1 aromatic rings. The van der Waals surface area contributed by atoms with Crippen molar-refractivity contribution in [3.05, 3.63) is 44.0 Å². The molecular weight excluding hydrogens is 404 g/mol. The van der Waals surface area contributed by atoms with Crippen LogP contribution in [0.1, 0.15) is 59.9 Å². The van der Waals surface area contributed by atoms with E-state index in [9.17, 15) is 25.0 Å². The first-order valence-corrected chi connectivity index (χ1v) is 12.6. The Kier molecular flexibility index (Phi) is 9.77. The summed E-state index contributed by atoms with van der Waals surface area (Å²) in [4.78, 5) is 32.5. The van der Waals surface area contributed by atoms with Gasteiger partial charge in [-0.05, 0) is 42.0 Å². The van der Waals surface area contributed by atoms with Gasteiger partial charge in [0.1, 0.15) is 6.29 Å². The van der Waals surface area contributed by atoms with E-state index in [1.54, 1.807) is 0 Å². The van der Waals surface area contributed by atoms with Crippen LogP contribution in [0.15, 0.2) is 18.2 Å². The summed E-state index contributed by atoms with van der Waals surface area (Å²) in [6.07, 6.45) is 2.23. The Morgan fingerprint density at radius 1 is 1.00 bits per heavy atom. The smallest absolute Gasteiger partial charge is 0.279 e. The van der Waals surface area contributed by atoms with Gasteiger partial charge in [0.05, 0.1) is 15.9 Å². The zero-order valence-electron chi connectivity index (χ0n) is 18.8. The molecule has 0 saturated carbocycles. The van der Waals surface area contributed by atoms with Crippen molar-refractivity contribution < 1.29 is 19.1 Å². The van der Waals surface area contributed by atoms with Crippen molar-refractivity contribution >= 4 is 26.0 Å². The molecule has 1 aromatic carbocycles. The Bertz CT molecular complexity index is 729. The van der Waals surface area contributed by atoms with Crippen LogP contribution >= 0.6 is 0 Å². The number of benzene rings is 1. The molecule has 0 bridgehead atoms. The summed E-state index contributed by atoms with van der Waals surface area (Å²) >= 11 is 0.